The summed E-state index contributed by atoms with van der Waals surface area (Å²) >= 11 is 0. The molecule has 4 rings (SSSR count). The number of hydrogen-bond acceptors (Lipinski definition) is 5. The van der Waals surface area contributed by atoms with Gasteiger partial charge in [0.2, 0.25) is 0 Å². The number of imide groups is 1. The Balaban J connectivity index is 1.51. The quantitative estimate of drug-likeness (QED) is 0.493. The highest BCUT2D eigenvalue weighted by molar-refractivity contribution is 6.21. The van der Waals surface area contributed by atoms with Gasteiger partial charge in [-0.05, 0) is 42.8 Å². The van der Waals surface area contributed by atoms with Crippen molar-refractivity contribution in [2.75, 3.05) is 36.8 Å². The third-order valence-corrected chi connectivity index (χ3v) is 5.50. The fourth-order valence-corrected chi connectivity index (χ4v) is 4.01. The lowest BCUT2D eigenvalue weighted by Crippen LogP contribution is -2.57. The Labute approximate surface area is 164 Å². The Morgan fingerprint density at radius 2 is 1.50 bits per heavy atom. The van der Waals surface area contributed by atoms with Crippen molar-refractivity contribution in [2.24, 2.45) is 0 Å². The molecule has 6 heteroatoms. The van der Waals surface area contributed by atoms with Gasteiger partial charge in [-0.3, -0.25) is 19.4 Å². The number of anilines is 2. The minimum absolute atomic E-state index is 0.214. The van der Waals surface area contributed by atoms with Gasteiger partial charge >= 0.3 is 0 Å². The minimum atomic E-state index is -0.307. The van der Waals surface area contributed by atoms with E-state index < -0.39 is 0 Å². The van der Waals surface area contributed by atoms with Crippen molar-refractivity contribution in [1.29, 1.82) is 0 Å². The summed E-state index contributed by atoms with van der Waals surface area (Å²) in [6.45, 7) is 7.00. The zero-order chi connectivity index (χ0) is 19.7. The van der Waals surface area contributed by atoms with E-state index in [9.17, 15) is 9.59 Å². The summed E-state index contributed by atoms with van der Waals surface area (Å²) < 4.78 is 0. The second-order valence-electron chi connectivity index (χ2n) is 7.15. The summed E-state index contributed by atoms with van der Waals surface area (Å²) in [7, 11) is 0. The van der Waals surface area contributed by atoms with E-state index >= 15 is 0 Å². The van der Waals surface area contributed by atoms with Crippen LogP contribution in [0.5, 0.6) is 0 Å². The van der Waals surface area contributed by atoms with Gasteiger partial charge in [0.1, 0.15) is 0 Å². The van der Waals surface area contributed by atoms with E-state index in [1.165, 1.54) is 4.90 Å². The number of hydrogen-bond donors (Lipinski definition) is 1. The van der Waals surface area contributed by atoms with E-state index in [0.717, 1.165) is 37.6 Å². The molecule has 1 unspecified atom stereocenters. The average molecular weight is 376 g/mol. The normalized spacial score (nSPS) is 18.3. The molecule has 0 saturated carbocycles. The second kappa shape index (κ2) is 7.48. The van der Waals surface area contributed by atoms with Crippen LogP contribution < -0.4 is 10.6 Å². The first kappa shape index (κ1) is 18.3. The first-order chi connectivity index (χ1) is 13.6. The maximum Gasteiger partial charge on any atom is 0.262 e. The van der Waals surface area contributed by atoms with E-state index in [0.29, 0.717) is 17.5 Å². The van der Waals surface area contributed by atoms with Gasteiger partial charge in [0.05, 0.1) is 17.3 Å². The molecule has 2 N–H and O–H groups in total. The van der Waals surface area contributed by atoms with Crippen molar-refractivity contribution in [1.82, 2.24) is 9.80 Å². The van der Waals surface area contributed by atoms with Crippen molar-refractivity contribution in [3.05, 3.63) is 72.3 Å². The number of rotatable bonds is 5. The van der Waals surface area contributed by atoms with E-state index in [2.05, 4.69) is 16.4 Å². The lowest BCUT2D eigenvalue weighted by molar-refractivity contribution is 0.0297. The predicted molar refractivity (Wildman–Crippen MR) is 110 cm³/mol. The molecule has 2 aliphatic rings. The first-order valence-electron chi connectivity index (χ1n) is 9.52. The van der Waals surface area contributed by atoms with E-state index in [4.69, 9.17) is 5.73 Å². The topological polar surface area (TPSA) is 69.9 Å². The number of carbonyl (C=O) groups is 2. The summed E-state index contributed by atoms with van der Waals surface area (Å²) in [5, 5.41) is 0. The third kappa shape index (κ3) is 3.16. The second-order valence-corrected chi connectivity index (χ2v) is 7.15. The highest BCUT2D eigenvalue weighted by atomic mass is 16.2. The summed E-state index contributed by atoms with van der Waals surface area (Å²) in [6, 6.07) is 14.9. The van der Waals surface area contributed by atoms with Gasteiger partial charge in [-0.2, -0.15) is 0 Å². The fourth-order valence-electron chi connectivity index (χ4n) is 4.01. The number of amides is 2. The van der Waals surface area contributed by atoms with E-state index in [1.54, 1.807) is 30.3 Å². The molecule has 0 aliphatic carbocycles. The van der Waals surface area contributed by atoms with Crippen molar-refractivity contribution in [3.63, 3.8) is 0 Å². The molecule has 2 aliphatic heterocycles. The van der Waals surface area contributed by atoms with Gasteiger partial charge in [-0.1, -0.05) is 18.2 Å². The Hall–Kier alpha value is -3.12. The maximum absolute atomic E-state index is 12.9. The highest BCUT2D eigenvalue weighted by Crippen LogP contribution is 2.28. The number of carbonyl (C=O) groups excluding carboxylic acids is 2. The standard InChI is InChI=1S/C22H24N4O2/c1-2-5-20(26-21(27)18-6-3-4-7-19(18)22(26)28)25-14-12-24(13-15-25)17-10-8-16(23)9-11-17/h2-4,6-11,20H,1,5,12-15,23H2. The summed E-state index contributed by atoms with van der Waals surface area (Å²) in [6.07, 6.45) is 2.02. The van der Waals surface area contributed by atoms with Gasteiger partial charge in [-0.25, -0.2) is 0 Å². The molecule has 0 aromatic heterocycles. The number of fused-ring (bicyclic) bond motifs is 1. The van der Waals surface area contributed by atoms with Crippen molar-refractivity contribution in [2.45, 2.75) is 12.6 Å². The monoisotopic (exact) mass is 376 g/mol. The van der Waals surface area contributed by atoms with Crippen molar-refractivity contribution in [3.8, 4) is 0 Å². The zero-order valence-corrected chi connectivity index (χ0v) is 15.8. The number of piperazine rings is 1. The molecule has 0 bridgehead atoms. The summed E-state index contributed by atoms with van der Waals surface area (Å²) in [4.78, 5) is 31.7. The molecular weight excluding hydrogens is 352 g/mol. The van der Waals surface area contributed by atoms with Crippen molar-refractivity contribution >= 4 is 23.2 Å². The Bertz CT molecular complexity index is 866. The van der Waals surface area contributed by atoms with Gasteiger partial charge in [-0.15, -0.1) is 6.58 Å². The van der Waals surface area contributed by atoms with Gasteiger partial charge in [0.15, 0.2) is 0 Å². The number of nitrogens with two attached hydrogens (primary N) is 1. The van der Waals surface area contributed by atoms with Crippen LogP contribution in [0.3, 0.4) is 0 Å². The smallest absolute Gasteiger partial charge is 0.262 e. The lowest BCUT2D eigenvalue weighted by Gasteiger charge is -2.42. The van der Waals surface area contributed by atoms with Crippen molar-refractivity contribution < 1.29 is 9.59 Å². The lowest BCUT2D eigenvalue weighted by atomic mass is 10.1. The summed E-state index contributed by atoms with van der Waals surface area (Å²) in [5.74, 6) is -0.429. The molecular formula is C22H24N4O2. The third-order valence-electron chi connectivity index (χ3n) is 5.50. The molecule has 28 heavy (non-hydrogen) atoms. The molecule has 2 aromatic rings. The van der Waals surface area contributed by atoms with Crippen LogP contribution in [0.15, 0.2) is 61.2 Å². The van der Waals surface area contributed by atoms with Crippen LogP contribution in [0.4, 0.5) is 11.4 Å². The molecule has 1 atom stereocenters. The Morgan fingerprint density at radius 1 is 0.929 bits per heavy atom. The molecule has 2 heterocycles. The van der Waals surface area contributed by atoms with E-state index in [-0.39, 0.29) is 18.0 Å². The Morgan fingerprint density at radius 3 is 2.04 bits per heavy atom. The minimum Gasteiger partial charge on any atom is -0.399 e. The van der Waals surface area contributed by atoms with Crippen LogP contribution >= 0.6 is 0 Å². The molecule has 0 spiro atoms. The predicted octanol–water partition coefficient (Wildman–Crippen LogP) is 2.59. The number of nitrogens with zero attached hydrogens (tertiary/aromatic N) is 3. The van der Waals surface area contributed by atoms with Gasteiger partial charge < -0.3 is 10.6 Å². The SMILES string of the molecule is C=CCC(N1CCN(c2ccc(N)cc2)CC1)N1C(=O)c2ccccc2C1=O. The van der Waals surface area contributed by atoms with Gasteiger partial charge in [0.25, 0.3) is 11.8 Å². The molecule has 1 fully saturated rings. The number of nitrogen functional groups attached to an aromatic ring is 1. The molecule has 1 saturated heterocycles. The van der Waals surface area contributed by atoms with Crippen LogP contribution in [-0.2, 0) is 0 Å². The molecule has 0 radical (unpaired) electrons. The number of benzene rings is 2. The average Bonchev–Trinajstić information content (AvgIpc) is 2.98. The van der Waals surface area contributed by atoms with Crippen LogP contribution in [0.2, 0.25) is 0 Å². The first-order valence-corrected chi connectivity index (χ1v) is 9.52. The van der Waals surface area contributed by atoms with Gasteiger partial charge in [0, 0.05) is 37.6 Å². The van der Waals surface area contributed by atoms with Crippen LogP contribution in [0.1, 0.15) is 27.1 Å². The maximum atomic E-state index is 12.9. The highest BCUT2D eigenvalue weighted by Gasteiger charge is 2.41. The van der Waals surface area contributed by atoms with E-state index in [1.807, 2.05) is 24.3 Å². The summed E-state index contributed by atoms with van der Waals surface area (Å²) in [5.41, 5.74) is 8.64. The Kier molecular flexibility index (Phi) is 4.88. The fraction of sp³-hybridized carbons (Fsp3) is 0.273. The molecule has 2 amide bonds. The van der Waals surface area contributed by atoms with Crippen LogP contribution in [-0.4, -0.2) is 54.0 Å². The van der Waals surface area contributed by atoms with Crippen LogP contribution in [0.25, 0.3) is 0 Å². The largest absolute Gasteiger partial charge is 0.399 e. The molecule has 2 aromatic carbocycles. The molecule has 6 nitrogen and oxygen atoms in total. The van der Waals surface area contributed by atoms with Crippen LogP contribution in [0, 0.1) is 0 Å². The molecule has 144 valence electrons. The zero-order valence-electron chi connectivity index (χ0n) is 15.8.